The van der Waals surface area contributed by atoms with Crippen molar-refractivity contribution >= 4 is 53.2 Å². The van der Waals surface area contributed by atoms with E-state index in [2.05, 4.69) is 153 Å². The van der Waals surface area contributed by atoms with Crippen molar-refractivity contribution in [2.45, 2.75) is 61.3 Å². The molecule has 0 nitrogen and oxygen atoms in total. The van der Waals surface area contributed by atoms with Crippen LogP contribution in [0.4, 0.5) is 0 Å². The van der Waals surface area contributed by atoms with Gasteiger partial charge in [0.05, 0.1) is 0 Å². The van der Waals surface area contributed by atoms with E-state index < -0.39 is 0 Å². The fourth-order valence-electron chi connectivity index (χ4n) is 5.70. The molecule has 0 unspecified atom stereocenters. The van der Waals surface area contributed by atoms with Gasteiger partial charge in [0, 0.05) is 0 Å². The Balaban J connectivity index is 0.000000753. The van der Waals surface area contributed by atoms with Gasteiger partial charge in [-0.05, 0) is 55.9 Å². The Morgan fingerprint density at radius 2 is 1.07 bits per heavy atom. The van der Waals surface area contributed by atoms with Gasteiger partial charge in [0.1, 0.15) is 0 Å². The molecule has 45 heavy (non-hydrogen) atoms. The van der Waals surface area contributed by atoms with Crippen molar-refractivity contribution in [2.75, 3.05) is 0 Å². The topological polar surface area (TPSA) is 0 Å². The van der Waals surface area contributed by atoms with Gasteiger partial charge in [-0.15, -0.1) is 93.4 Å². The van der Waals surface area contributed by atoms with Crippen molar-refractivity contribution in [3.8, 4) is 22.3 Å². The maximum absolute atomic E-state index is 3.06. The average Bonchev–Trinajstić information content (AvgIpc) is 3.58. The molecule has 0 aromatic heterocycles. The normalized spacial score (nSPS) is 9.87. The predicted molar refractivity (Wildman–Crippen MR) is 206 cm³/mol. The summed E-state index contributed by atoms with van der Waals surface area (Å²) in [5, 5.41) is 5.50. The van der Waals surface area contributed by atoms with Gasteiger partial charge >= 0.3 is 30.2 Å². The molecular weight excluding hydrogens is 683 g/mol. The molecule has 0 saturated carbocycles. The number of aryl methyl sites for hydroxylation is 6. The number of hydrogen-bond donors (Lipinski definition) is 0. The van der Waals surface area contributed by atoms with Gasteiger partial charge in [-0.25, -0.2) is 0 Å². The first kappa shape index (κ1) is 42.8. The van der Waals surface area contributed by atoms with E-state index in [1.54, 1.807) is 0 Å². The van der Waals surface area contributed by atoms with Gasteiger partial charge < -0.3 is 14.9 Å². The van der Waals surface area contributed by atoms with Gasteiger partial charge in [0.2, 0.25) is 0 Å². The summed E-state index contributed by atoms with van der Waals surface area (Å²) in [6.07, 6.45) is 0. The summed E-state index contributed by atoms with van der Waals surface area (Å²) in [7, 11) is 0. The Kier molecular flexibility index (Phi) is 17.9. The van der Waals surface area contributed by atoms with Gasteiger partial charge in [-0.1, -0.05) is 98.5 Å². The van der Waals surface area contributed by atoms with E-state index in [1.807, 2.05) is 0 Å². The summed E-state index contributed by atoms with van der Waals surface area (Å²) in [5.74, 6) is 0.578. The third kappa shape index (κ3) is 9.65. The summed E-state index contributed by atoms with van der Waals surface area (Å²) in [6.45, 7) is 20.6. The number of hydrogen-bond acceptors (Lipinski definition) is 0. The SMILES string of the molecule is Cc1ccc(C)c(-c2ccc(C)c3[cH-]c(C)cc23)c1.Cc1ccc(C)c(-c2cccc3[cH-]c(C(C)C)cc23)c1.Cl.Cl.[CH3-].[CH3-].[Si]=[Zr]. The zero-order valence-electron chi connectivity index (χ0n) is 28.6. The van der Waals surface area contributed by atoms with Crippen LogP contribution in [0.3, 0.4) is 0 Å². The molecule has 0 atom stereocenters. The first-order valence-corrected chi connectivity index (χ1v) is 18.6. The van der Waals surface area contributed by atoms with E-state index in [9.17, 15) is 0 Å². The second kappa shape index (κ2) is 18.8. The number of fused-ring (bicyclic) bond motifs is 2. The molecule has 2 radical (unpaired) electrons. The van der Waals surface area contributed by atoms with Crippen LogP contribution >= 0.6 is 24.8 Å². The Morgan fingerprint density at radius 3 is 1.60 bits per heavy atom. The van der Waals surface area contributed by atoms with E-state index in [-0.39, 0.29) is 39.7 Å². The number of rotatable bonds is 3. The Labute approximate surface area is 302 Å². The first-order chi connectivity index (χ1) is 19.6. The molecule has 0 fully saturated rings. The number of halogens is 2. The van der Waals surface area contributed by atoms with Crippen molar-refractivity contribution in [1.82, 2.24) is 0 Å². The molecule has 0 N–H and O–H groups in total. The molecular formula is C41H48Cl2SiZr-4. The molecule has 0 amide bonds. The Bertz CT molecular complexity index is 1820. The quantitative estimate of drug-likeness (QED) is 0.126. The van der Waals surface area contributed by atoms with Gasteiger partial charge in [-0.2, -0.15) is 12.1 Å². The van der Waals surface area contributed by atoms with Crippen molar-refractivity contribution < 1.29 is 23.3 Å². The maximum atomic E-state index is 3.06. The molecule has 6 aromatic carbocycles. The summed E-state index contributed by atoms with van der Waals surface area (Å²) in [4.78, 5) is 0. The molecule has 0 heterocycles. The Morgan fingerprint density at radius 1 is 0.556 bits per heavy atom. The summed E-state index contributed by atoms with van der Waals surface area (Å²) >= 11 is 1.36. The molecule has 0 aliphatic heterocycles. The summed E-state index contributed by atoms with van der Waals surface area (Å²) in [5.41, 5.74) is 14.9. The number of benzene rings is 4. The fourth-order valence-corrected chi connectivity index (χ4v) is 5.70. The minimum atomic E-state index is 0. The van der Waals surface area contributed by atoms with Crippen molar-refractivity contribution in [3.05, 3.63) is 145 Å². The van der Waals surface area contributed by atoms with E-state index in [1.165, 1.54) is 106 Å². The van der Waals surface area contributed by atoms with Crippen molar-refractivity contribution in [2.24, 2.45) is 0 Å². The molecule has 6 aromatic rings. The van der Waals surface area contributed by atoms with Crippen LogP contribution in [0.15, 0.2) is 91.0 Å². The van der Waals surface area contributed by atoms with Crippen LogP contribution in [0, 0.1) is 56.4 Å². The van der Waals surface area contributed by atoms with E-state index in [0.717, 1.165) is 0 Å². The summed E-state index contributed by atoms with van der Waals surface area (Å²) < 4.78 is 0. The molecule has 6 rings (SSSR count). The Hall–Kier alpha value is -2.22. The van der Waals surface area contributed by atoms with Crippen LogP contribution in [0.2, 0.25) is 0 Å². The van der Waals surface area contributed by atoms with Crippen LogP contribution < -0.4 is 0 Å². The molecule has 0 saturated heterocycles. The second-order valence-corrected chi connectivity index (χ2v) is 11.7. The monoisotopic (exact) mass is 728 g/mol. The molecule has 0 aliphatic rings. The standard InChI is InChI=1S/C20H21.C19H19.2CH3.2ClH.Si.Zr/c1-13(2)17-11-16-6-5-7-18(20(16)12-17)19-10-14(3)8-9-15(19)4;1-12-5-6-14(3)17(9-12)16-8-7-15(4)18-10-13(2)11-19(16)18;;;;;;/h5-13H,1-4H3;5-11H,1-4H3;2*1H3;2*1H;;/q4*-1;;;;. The van der Waals surface area contributed by atoms with Crippen LogP contribution in [0.5, 0.6) is 0 Å². The van der Waals surface area contributed by atoms with Crippen molar-refractivity contribution in [3.63, 3.8) is 0 Å². The molecule has 238 valence electrons. The van der Waals surface area contributed by atoms with E-state index in [0.29, 0.717) is 5.92 Å². The van der Waals surface area contributed by atoms with Gasteiger partial charge in [-0.3, -0.25) is 0 Å². The summed E-state index contributed by atoms with van der Waals surface area (Å²) in [6, 6.07) is 33.8. The van der Waals surface area contributed by atoms with Crippen LogP contribution in [0.25, 0.3) is 43.8 Å². The van der Waals surface area contributed by atoms with Crippen molar-refractivity contribution in [1.29, 1.82) is 0 Å². The van der Waals surface area contributed by atoms with Gasteiger partial charge in [0.25, 0.3) is 0 Å². The predicted octanol–water partition coefficient (Wildman–Crippen LogP) is 12.8. The van der Waals surface area contributed by atoms with E-state index in [4.69, 9.17) is 0 Å². The van der Waals surface area contributed by atoms with Crippen LogP contribution in [0.1, 0.15) is 58.7 Å². The molecule has 0 spiro atoms. The average molecular weight is 731 g/mol. The van der Waals surface area contributed by atoms with Crippen LogP contribution in [-0.2, 0) is 23.3 Å². The molecule has 4 heteroatoms. The van der Waals surface area contributed by atoms with Gasteiger partial charge in [0.15, 0.2) is 0 Å². The first-order valence-electron chi connectivity index (χ1n) is 14.4. The molecule has 0 aliphatic carbocycles. The minimum absolute atomic E-state index is 0. The zero-order chi connectivity index (χ0) is 29.8. The third-order valence-corrected chi connectivity index (χ3v) is 8.06. The zero-order valence-corrected chi connectivity index (χ0v) is 33.6. The third-order valence-electron chi connectivity index (χ3n) is 8.06. The fraction of sp³-hybridized carbons (Fsp3) is 0.220. The van der Waals surface area contributed by atoms with Crippen LogP contribution in [-0.4, -0.2) is 6.88 Å². The second-order valence-electron chi connectivity index (χ2n) is 11.7. The van der Waals surface area contributed by atoms with E-state index >= 15 is 0 Å². The molecule has 0 bridgehead atoms.